The van der Waals surface area contributed by atoms with Crippen LogP contribution in [-0.2, 0) is 15.7 Å². The number of hydrogen-bond donors (Lipinski definition) is 1. The maximum Gasteiger partial charge on any atom is 0.416 e. The van der Waals surface area contributed by atoms with Gasteiger partial charge in [-0.3, -0.25) is 4.79 Å². The first-order chi connectivity index (χ1) is 8.93. The van der Waals surface area contributed by atoms with Gasteiger partial charge < -0.3 is 10.1 Å². The Morgan fingerprint density at radius 3 is 2.74 bits per heavy atom. The highest BCUT2D eigenvalue weighted by atomic mass is 19.4. The molecule has 2 atom stereocenters. The molecule has 19 heavy (non-hydrogen) atoms. The number of carbonyl (C=O) groups excluding carboxylic acids is 1. The second kappa shape index (κ2) is 5.21. The summed E-state index contributed by atoms with van der Waals surface area (Å²) in [4.78, 5) is 11.6. The molecule has 2 rings (SSSR count). The summed E-state index contributed by atoms with van der Waals surface area (Å²) in [7, 11) is 0. The maximum atomic E-state index is 12.6. The summed E-state index contributed by atoms with van der Waals surface area (Å²) in [5.74, 6) is -0.683. The number of carbonyl (C=O) groups is 1. The van der Waals surface area contributed by atoms with Crippen LogP contribution in [0.25, 0.3) is 0 Å². The van der Waals surface area contributed by atoms with Crippen molar-refractivity contribution in [2.75, 3.05) is 13.2 Å². The third-order valence-electron chi connectivity index (χ3n) is 3.14. The summed E-state index contributed by atoms with van der Waals surface area (Å²) in [6, 6.07) is 4.53. The molecule has 1 saturated heterocycles. The number of alkyl halides is 3. The van der Waals surface area contributed by atoms with Crippen LogP contribution in [0.2, 0.25) is 0 Å². The van der Waals surface area contributed by atoms with E-state index in [1.165, 1.54) is 6.07 Å². The molecule has 0 bridgehead atoms. The van der Waals surface area contributed by atoms with E-state index >= 15 is 0 Å². The Balaban J connectivity index is 2.17. The van der Waals surface area contributed by atoms with E-state index in [2.05, 4.69) is 5.32 Å². The number of hydrogen-bond acceptors (Lipinski definition) is 3. The van der Waals surface area contributed by atoms with Crippen LogP contribution in [0.5, 0.6) is 0 Å². The molecule has 1 fully saturated rings. The molecule has 104 valence electrons. The van der Waals surface area contributed by atoms with Gasteiger partial charge in [0.1, 0.15) is 6.04 Å². The fourth-order valence-electron chi connectivity index (χ4n) is 2.09. The van der Waals surface area contributed by atoms with Gasteiger partial charge in [-0.1, -0.05) is 18.2 Å². The van der Waals surface area contributed by atoms with Crippen molar-refractivity contribution in [2.45, 2.75) is 25.1 Å². The highest BCUT2D eigenvalue weighted by molar-refractivity contribution is 5.78. The van der Waals surface area contributed by atoms with E-state index in [1.54, 1.807) is 13.0 Å². The zero-order valence-corrected chi connectivity index (χ0v) is 10.3. The molecular weight excluding hydrogens is 259 g/mol. The lowest BCUT2D eigenvalue weighted by Gasteiger charge is -2.36. The highest BCUT2D eigenvalue weighted by Gasteiger charge is 2.39. The Morgan fingerprint density at radius 1 is 1.47 bits per heavy atom. The molecule has 6 heteroatoms. The molecule has 0 aliphatic carbocycles. The SMILES string of the molecule is CCOC(=O)[C@@H]1NC[C@H]1c1cccc(C(F)(F)F)c1. The second-order valence-electron chi connectivity index (χ2n) is 4.37. The van der Waals surface area contributed by atoms with Crippen molar-refractivity contribution in [2.24, 2.45) is 0 Å². The van der Waals surface area contributed by atoms with Gasteiger partial charge in [-0.15, -0.1) is 0 Å². The first-order valence-electron chi connectivity index (χ1n) is 6.00. The number of halogens is 3. The lowest BCUT2D eigenvalue weighted by molar-refractivity contribution is -0.148. The van der Waals surface area contributed by atoms with Gasteiger partial charge in [-0.2, -0.15) is 13.2 Å². The Labute approximate surface area is 108 Å². The van der Waals surface area contributed by atoms with Gasteiger partial charge in [0.2, 0.25) is 0 Å². The van der Waals surface area contributed by atoms with Gasteiger partial charge in [-0.25, -0.2) is 0 Å². The fourth-order valence-corrected chi connectivity index (χ4v) is 2.09. The summed E-state index contributed by atoms with van der Waals surface area (Å²) >= 11 is 0. The number of esters is 1. The van der Waals surface area contributed by atoms with Crippen LogP contribution >= 0.6 is 0 Å². The molecule has 0 unspecified atom stereocenters. The minimum Gasteiger partial charge on any atom is -0.465 e. The zero-order valence-electron chi connectivity index (χ0n) is 10.3. The van der Waals surface area contributed by atoms with E-state index in [0.29, 0.717) is 12.1 Å². The average molecular weight is 273 g/mol. The van der Waals surface area contributed by atoms with Crippen molar-refractivity contribution in [3.05, 3.63) is 35.4 Å². The number of nitrogens with one attached hydrogen (secondary N) is 1. The monoisotopic (exact) mass is 273 g/mol. The third-order valence-corrected chi connectivity index (χ3v) is 3.14. The Bertz CT molecular complexity index is 473. The van der Waals surface area contributed by atoms with Gasteiger partial charge in [-0.05, 0) is 18.6 Å². The van der Waals surface area contributed by atoms with Crippen molar-refractivity contribution < 1.29 is 22.7 Å². The molecule has 1 aliphatic heterocycles. The maximum absolute atomic E-state index is 12.6. The topological polar surface area (TPSA) is 38.3 Å². The molecular formula is C13H14F3NO2. The minimum atomic E-state index is -4.37. The summed E-state index contributed by atoms with van der Waals surface area (Å²) in [5, 5.41) is 2.88. The normalized spacial score (nSPS) is 22.7. The molecule has 0 aromatic heterocycles. The molecule has 1 N–H and O–H groups in total. The first kappa shape index (κ1) is 13.9. The van der Waals surface area contributed by atoms with E-state index in [4.69, 9.17) is 4.74 Å². The third kappa shape index (κ3) is 2.89. The molecule has 1 aliphatic rings. The van der Waals surface area contributed by atoms with Gasteiger partial charge in [0, 0.05) is 12.5 Å². The number of rotatable bonds is 3. The van der Waals surface area contributed by atoms with Crippen molar-refractivity contribution in [3.8, 4) is 0 Å². The predicted molar refractivity (Wildman–Crippen MR) is 62.6 cm³/mol. The van der Waals surface area contributed by atoms with Crippen LogP contribution < -0.4 is 5.32 Å². The largest absolute Gasteiger partial charge is 0.465 e. The Morgan fingerprint density at radius 2 is 2.21 bits per heavy atom. The summed E-state index contributed by atoms with van der Waals surface area (Å²) in [6.07, 6.45) is -4.37. The van der Waals surface area contributed by atoms with Crippen LogP contribution in [-0.4, -0.2) is 25.2 Å². The van der Waals surface area contributed by atoms with E-state index in [0.717, 1.165) is 12.1 Å². The van der Waals surface area contributed by atoms with E-state index in [-0.39, 0.29) is 12.5 Å². The molecule has 0 radical (unpaired) electrons. The molecule has 1 heterocycles. The fraction of sp³-hybridized carbons (Fsp3) is 0.462. The Kier molecular flexibility index (Phi) is 3.80. The van der Waals surface area contributed by atoms with Gasteiger partial charge >= 0.3 is 12.1 Å². The van der Waals surface area contributed by atoms with Gasteiger partial charge in [0.05, 0.1) is 12.2 Å². The number of ether oxygens (including phenoxy) is 1. The van der Waals surface area contributed by atoms with Crippen LogP contribution in [0.1, 0.15) is 24.0 Å². The van der Waals surface area contributed by atoms with E-state index < -0.39 is 23.8 Å². The zero-order chi connectivity index (χ0) is 14.0. The van der Waals surface area contributed by atoms with E-state index in [9.17, 15) is 18.0 Å². The van der Waals surface area contributed by atoms with Crippen LogP contribution in [0.4, 0.5) is 13.2 Å². The summed E-state index contributed by atoms with van der Waals surface area (Å²) in [5.41, 5.74) is -0.189. The van der Waals surface area contributed by atoms with Gasteiger partial charge in [0.15, 0.2) is 0 Å². The van der Waals surface area contributed by atoms with Crippen LogP contribution in [0.3, 0.4) is 0 Å². The van der Waals surface area contributed by atoms with Crippen LogP contribution in [0.15, 0.2) is 24.3 Å². The van der Waals surface area contributed by atoms with Crippen molar-refractivity contribution in [1.29, 1.82) is 0 Å². The lowest BCUT2D eigenvalue weighted by Crippen LogP contribution is -2.56. The van der Waals surface area contributed by atoms with Crippen molar-refractivity contribution in [3.63, 3.8) is 0 Å². The van der Waals surface area contributed by atoms with Crippen molar-refractivity contribution >= 4 is 5.97 Å². The van der Waals surface area contributed by atoms with Crippen molar-refractivity contribution in [1.82, 2.24) is 5.32 Å². The molecule has 0 saturated carbocycles. The molecule has 3 nitrogen and oxygen atoms in total. The molecule has 1 aromatic carbocycles. The summed E-state index contributed by atoms with van der Waals surface area (Å²) in [6.45, 7) is 2.42. The standard InChI is InChI=1S/C13H14F3NO2/c1-2-19-12(18)11-10(7-17-11)8-4-3-5-9(6-8)13(14,15)16/h3-6,10-11,17H,2,7H2,1H3/t10-,11+/m0/s1. The lowest BCUT2D eigenvalue weighted by atomic mass is 9.84. The quantitative estimate of drug-likeness (QED) is 0.859. The molecule has 1 aromatic rings. The Hall–Kier alpha value is -1.56. The minimum absolute atomic E-state index is 0.256. The predicted octanol–water partition coefficient (Wildman–Crippen LogP) is 2.32. The first-order valence-corrected chi connectivity index (χ1v) is 6.00. The second-order valence-corrected chi connectivity index (χ2v) is 4.37. The molecule has 0 spiro atoms. The molecule has 0 amide bonds. The van der Waals surface area contributed by atoms with Gasteiger partial charge in [0.25, 0.3) is 0 Å². The van der Waals surface area contributed by atoms with Crippen LogP contribution in [0, 0.1) is 0 Å². The summed E-state index contributed by atoms with van der Waals surface area (Å²) < 4.78 is 42.7. The smallest absolute Gasteiger partial charge is 0.416 e. The average Bonchev–Trinajstić information content (AvgIpc) is 2.27. The van der Waals surface area contributed by atoms with E-state index in [1.807, 2.05) is 0 Å². The highest BCUT2D eigenvalue weighted by Crippen LogP contribution is 2.33. The number of benzene rings is 1.